The number of anilines is 2. The molecule has 0 radical (unpaired) electrons. The average Bonchev–Trinajstić information content (AvgIpc) is 2.67. The predicted octanol–water partition coefficient (Wildman–Crippen LogP) is 0.118. The monoisotopic (exact) mass is 206 g/mol. The summed E-state index contributed by atoms with van der Waals surface area (Å²) in [7, 11) is 0. The van der Waals surface area contributed by atoms with Crippen LogP contribution in [0.3, 0.4) is 0 Å². The minimum absolute atomic E-state index is 0.221. The zero-order valence-electron chi connectivity index (χ0n) is 8.39. The second kappa shape index (κ2) is 3.76. The van der Waals surface area contributed by atoms with E-state index < -0.39 is 0 Å². The van der Waals surface area contributed by atoms with Crippen LogP contribution in [-0.4, -0.2) is 23.5 Å². The first kappa shape index (κ1) is 9.76. The number of rotatable bonds is 2. The van der Waals surface area contributed by atoms with Gasteiger partial charge >= 0.3 is 0 Å². The molecule has 80 valence electrons. The van der Waals surface area contributed by atoms with Crippen molar-refractivity contribution >= 4 is 17.4 Å². The van der Waals surface area contributed by atoms with E-state index in [-0.39, 0.29) is 11.9 Å². The molecule has 2 heterocycles. The summed E-state index contributed by atoms with van der Waals surface area (Å²) in [5.41, 5.74) is 11.5. The topological polar surface area (TPSA) is 85.2 Å². The molecule has 1 aromatic rings. The Morgan fingerprint density at radius 2 is 2.33 bits per heavy atom. The fourth-order valence-corrected chi connectivity index (χ4v) is 1.90. The lowest BCUT2D eigenvalue weighted by Crippen LogP contribution is -2.40. The number of nitrogens with two attached hydrogens (primary N) is 2. The van der Waals surface area contributed by atoms with Gasteiger partial charge in [0.15, 0.2) is 0 Å². The Labute approximate surface area is 88.1 Å². The molecule has 4 N–H and O–H groups in total. The van der Waals surface area contributed by atoms with E-state index in [4.69, 9.17) is 11.5 Å². The molecule has 1 aliphatic heterocycles. The molecule has 0 aromatic carbocycles. The molecule has 0 aliphatic carbocycles. The van der Waals surface area contributed by atoms with Gasteiger partial charge in [0, 0.05) is 6.54 Å². The van der Waals surface area contributed by atoms with E-state index in [0.717, 1.165) is 25.2 Å². The Bertz CT molecular complexity index is 362. The Balaban J connectivity index is 2.22. The van der Waals surface area contributed by atoms with Crippen LogP contribution in [0, 0.1) is 0 Å². The smallest absolute Gasteiger partial charge is 0.240 e. The van der Waals surface area contributed by atoms with Gasteiger partial charge in [-0.2, -0.15) is 0 Å². The Morgan fingerprint density at radius 1 is 1.53 bits per heavy atom. The molecular weight excluding hydrogens is 192 g/mol. The van der Waals surface area contributed by atoms with Gasteiger partial charge < -0.3 is 16.4 Å². The largest absolute Gasteiger partial charge is 0.397 e. The molecule has 0 bridgehead atoms. The molecule has 1 aliphatic rings. The maximum atomic E-state index is 11.2. The van der Waals surface area contributed by atoms with Crippen molar-refractivity contribution in [2.75, 3.05) is 17.2 Å². The lowest BCUT2D eigenvalue weighted by molar-refractivity contribution is -0.119. The molecule has 5 nitrogen and oxygen atoms in total. The summed E-state index contributed by atoms with van der Waals surface area (Å²) >= 11 is 0. The second-order valence-corrected chi connectivity index (χ2v) is 3.70. The van der Waals surface area contributed by atoms with Crippen LogP contribution < -0.4 is 16.4 Å². The third kappa shape index (κ3) is 1.86. The normalized spacial score (nSPS) is 20.5. The van der Waals surface area contributed by atoms with Crippen LogP contribution in [0.4, 0.5) is 11.5 Å². The molecule has 1 amide bonds. The van der Waals surface area contributed by atoms with Gasteiger partial charge in [-0.15, -0.1) is 0 Å². The molecule has 0 spiro atoms. The first-order chi connectivity index (χ1) is 7.18. The third-order valence-corrected chi connectivity index (χ3v) is 2.65. The highest BCUT2D eigenvalue weighted by Crippen LogP contribution is 2.23. The number of carbonyl (C=O) groups is 1. The first-order valence-corrected chi connectivity index (χ1v) is 4.96. The lowest BCUT2D eigenvalue weighted by Gasteiger charge is -2.22. The quantitative estimate of drug-likeness (QED) is 0.719. The zero-order valence-corrected chi connectivity index (χ0v) is 8.39. The highest BCUT2D eigenvalue weighted by Gasteiger charge is 2.29. The zero-order chi connectivity index (χ0) is 10.8. The van der Waals surface area contributed by atoms with Crippen molar-refractivity contribution in [3.05, 3.63) is 18.3 Å². The van der Waals surface area contributed by atoms with Crippen molar-refractivity contribution in [3.8, 4) is 0 Å². The minimum atomic E-state index is -0.286. The van der Waals surface area contributed by atoms with Gasteiger partial charge in [0.25, 0.3) is 0 Å². The number of nitrogen functional groups attached to an aromatic ring is 1. The van der Waals surface area contributed by atoms with Gasteiger partial charge in [-0.25, -0.2) is 4.98 Å². The van der Waals surface area contributed by atoms with Crippen LogP contribution in [-0.2, 0) is 4.79 Å². The summed E-state index contributed by atoms with van der Waals surface area (Å²) in [6.45, 7) is 0.824. The number of hydrogen-bond acceptors (Lipinski definition) is 4. The second-order valence-electron chi connectivity index (χ2n) is 3.70. The fourth-order valence-electron chi connectivity index (χ4n) is 1.90. The summed E-state index contributed by atoms with van der Waals surface area (Å²) in [5, 5.41) is 0. The molecular formula is C10H14N4O. The first-order valence-electron chi connectivity index (χ1n) is 4.96. The molecule has 1 aromatic heterocycles. The molecule has 1 fully saturated rings. The maximum Gasteiger partial charge on any atom is 0.240 e. The van der Waals surface area contributed by atoms with Crippen LogP contribution in [0.2, 0.25) is 0 Å². The minimum Gasteiger partial charge on any atom is -0.397 e. The maximum absolute atomic E-state index is 11.2. The predicted molar refractivity (Wildman–Crippen MR) is 58.2 cm³/mol. The van der Waals surface area contributed by atoms with Crippen molar-refractivity contribution in [3.63, 3.8) is 0 Å². The summed E-state index contributed by atoms with van der Waals surface area (Å²) in [5.74, 6) is 0.483. The van der Waals surface area contributed by atoms with E-state index in [9.17, 15) is 4.79 Å². The van der Waals surface area contributed by atoms with E-state index in [0.29, 0.717) is 5.69 Å². The van der Waals surface area contributed by atoms with E-state index >= 15 is 0 Å². The lowest BCUT2D eigenvalue weighted by atomic mass is 10.2. The van der Waals surface area contributed by atoms with Crippen LogP contribution >= 0.6 is 0 Å². The highest BCUT2D eigenvalue weighted by atomic mass is 16.1. The summed E-state index contributed by atoms with van der Waals surface area (Å²) in [6, 6.07) is 3.37. The number of hydrogen-bond donors (Lipinski definition) is 2. The van der Waals surface area contributed by atoms with Gasteiger partial charge in [0.05, 0.1) is 11.9 Å². The van der Waals surface area contributed by atoms with E-state index in [1.54, 1.807) is 12.3 Å². The molecule has 2 rings (SSSR count). The molecule has 0 saturated carbocycles. The number of nitrogens with zero attached hydrogens (tertiary/aromatic N) is 2. The summed E-state index contributed by atoms with van der Waals surface area (Å²) in [4.78, 5) is 17.3. The number of carbonyl (C=O) groups excluding carboxylic acids is 1. The highest BCUT2D eigenvalue weighted by molar-refractivity contribution is 5.83. The Hall–Kier alpha value is -1.78. The van der Waals surface area contributed by atoms with E-state index in [2.05, 4.69) is 4.98 Å². The van der Waals surface area contributed by atoms with Crippen LogP contribution in [0.5, 0.6) is 0 Å². The SMILES string of the molecule is NC(=O)C1CCCN1c1ccc(N)cn1. The van der Waals surface area contributed by atoms with E-state index in [1.807, 2.05) is 11.0 Å². The molecule has 15 heavy (non-hydrogen) atoms. The van der Waals surface area contributed by atoms with Crippen LogP contribution in [0.15, 0.2) is 18.3 Å². The van der Waals surface area contributed by atoms with Crippen molar-refractivity contribution in [1.82, 2.24) is 4.98 Å². The molecule has 1 unspecified atom stereocenters. The molecule has 1 atom stereocenters. The van der Waals surface area contributed by atoms with Crippen molar-refractivity contribution in [2.24, 2.45) is 5.73 Å². The summed E-state index contributed by atoms with van der Waals surface area (Å²) in [6.07, 6.45) is 3.37. The van der Waals surface area contributed by atoms with Crippen molar-refractivity contribution in [2.45, 2.75) is 18.9 Å². The standard InChI is InChI=1S/C10H14N4O/c11-7-3-4-9(13-6-7)14-5-1-2-8(14)10(12)15/h3-4,6,8H,1-2,5,11H2,(H2,12,15). The van der Waals surface area contributed by atoms with Crippen LogP contribution in [0.25, 0.3) is 0 Å². The van der Waals surface area contributed by atoms with Gasteiger partial charge in [0.1, 0.15) is 11.9 Å². The molecule has 1 saturated heterocycles. The van der Waals surface area contributed by atoms with Crippen molar-refractivity contribution < 1.29 is 4.79 Å². The Morgan fingerprint density at radius 3 is 2.93 bits per heavy atom. The number of amides is 1. The summed E-state index contributed by atoms with van der Waals surface area (Å²) < 4.78 is 0. The van der Waals surface area contributed by atoms with Gasteiger partial charge in [-0.3, -0.25) is 4.79 Å². The third-order valence-electron chi connectivity index (χ3n) is 2.65. The van der Waals surface area contributed by atoms with Crippen molar-refractivity contribution in [1.29, 1.82) is 0 Å². The average molecular weight is 206 g/mol. The fraction of sp³-hybridized carbons (Fsp3) is 0.400. The number of pyridine rings is 1. The van der Waals surface area contributed by atoms with Gasteiger partial charge in [-0.1, -0.05) is 0 Å². The number of primary amides is 1. The van der Waals surface area contributed by atoms with Gasteiger partial charge in [0.2, 0.25) is 5.91 Å². The molecule has 5 heteroatoms. The number of aromatic nitrogens is 1. The van der Waals surface area contributed by atoms with E-state index in [1.165, 1.54) is 0 Å². The van der Waals surface area contributed by atoms with Gasteiger partial charge in [-0.05, 0) is 25.0 Å². The van der Waals surface area contributed by atoms with Crippen LogP contribution in [0.1, 0.15) is 12.8 Å². The Kier molecular flexibility index (Phi) is 2.45.